The summed E-state index contributed by atoms with van der Waals surface area (Å²) in [4.78, 5) is 29.8. The van der Waals surface area contributed by atoms with Gasteiger partial charge in [0.15, 0.2) is 16.4 Å². The number of alkyl halides is 3. The maximum absolute atomic E-state index is 11.1. The number of hydrogen-bond donors (Lipinski definition) is 0. The third-order valence-electron chi connectivity index (χ3n) is 5.87. The molecule has 0 aliphatic carbocycles. The number of imidazole rings is 1. The Bertz CT molecular complexity index is 1700. The summed E-state index contributed by atoms with van der Waals surface area (Å²) in [5.41, 5.74) is 3.89. The number of pyridine rings is 2. The molecule has 5 heterocycles. The van der Waals surface area contributed by atoms with Gasteiger partial charge < -0.3 is 4.57 Å². The molecule has 0 fully saturated rings. The predicted molar refractivity (Wildman–Crippen MR) is 159 cm³/mol. The molecule has 188 valence electrons. The zero-order valence-corrected chi connectivity index (χ0v) is 23.6. The first-order valence-electron chi connectivity index (χ1n) is 11.6. The van der Waals surface area contributed by atoms with Gasteiger partial charge in [0.25, 0.3) is 0 Å². The first-order chi connectivity index (χ1) is 18.0. The lowest BCUT2D eigenvalue weighted by atomic mass is 10.1. The Morgan fingerprint density at radius 3 is 2.16 bits per heavy atom. The van der Waals surface area contributed by atoms with Crippen LogP contribution in [-0.4, -0.2) is 30.1 Å². The molecule has 10 heteroatoms. The molecular weight excluding hydrogens is 567 g/mol. The Balaban J connectivity index is 0.000000655. The fraction of sp³-hybridized carbons (Fsp3) is 0.185. The number of hydrogen-bond acceptors (Lipinski definition) is 6. The van der Waals surface area contributed by atoms with Crippen LogP contribution in [0.3, 0.4) is 0 Å². The van der Waals surface area contributed by atoms with Crippen molar-refractivity contribution >= 4 is 96.6 Å². The number of nitrogens with zero attached hydrogens (tertiary/aromatic N) is 4. The third-order valence-corrected chi connectivity index (χ3v) is 8.15. The lowest BCUT2D eigenvalue weighted by Crippen LogP contribution is -2.00. The molecule has 0 saturated heterocycles. The van der Waals surface area contributed by atoms with Gasteiger partial charge in [0, 0.05) is 39.5 Å². The number of aldehydes is 1. The van der Waals surface area contributed by atoms with Gasteiger partial charge in [-0.1, -0.05) is 48.1 Å². The maximum atomic E-state index is 11.1. The Kier molecular flexibility index (Phi) is 8.07. The minimum atomic E-state index is -0.750. The van der Waals surface area contributed by atoms with Gasteiger partial charge in [-0.2, -0.15) is 0 Å². The Morgan fingerprint density at radius 2 is 1.49 bits per heavy atom. The van der Waals surface area contributed by atoms with E-state index < -0.39 is 4.30 Å². The average Bonchev–Trinajstić information content (AvgIpc) is 3.65. The molecule has 0 radical (unpaired) electrons. The van der Waals surface area contributed by atoms with Gasteiger partial charge >= 0.3 is 0 Å². The molecule has 0 aliphatic heterocycles. The third kappa shape index (κ3) is 5.24. The molecule has 5 aromatic heterocycles. The number of unbranched alkanes of at least 4 members (excludes halogenated alkanes) is 1. The van der Waals surface area contributed by atoms with Crippen LogP contribution in [0.5, 0.6) is 0 Å². The summed E-state index contributed by atoms with van der Waals surface area (Å²) < 4.78 is 1.61. The van der Waals surface area contributed by atoms with Crippen molar-refractivity contribution in [1.82, 2.24) is 19.5 Å². The average molecular weight is 588 g/mol. The van der Waals surface area contributed by atoms with Crippen LogP contribution in [0.15, 0.2) is 60.9 Å². The summed E-state index contributed by atoms with van der Waals surface area (Å²) in [7, 11) is 0. The largest absolute Gasteiger partial charge is 0.323 e. The van der Waals surface area contributed by atoms with E-state index in [2.05, 4.69) is 45.7 Å². The smallest absolute Gasteiger partial charge is 0.180 e. The number of halogens is 3. The molecule has 0 aliphatic rings. The van der Waals surface area contributed by atoms with Gasteiger partial charge in [-0.05, 0) is 55.0 Å². The van der Waals surface area contributed by atoms with Gasteiger partial charge in [0.05, 0.1) is 31.8 Å². The fourth-order valence-electron chi connectivity index (χ4n) is 4.35. The number of aryl methyl sites for hydroxylation is 1. The molecular formula is C27H21Cl3N4OS2. The highest BCUT2D eigenvalue weighted by molar-refractivity contribution is 7.24. The van der Waals surface area contributed by atoms with Crippen LogP contribution >= 0.6 is 57.5 Å². The van der Waals surface area contributed by atoms with Crippen molar-refractivity contribution in [3.05, 3.63) is 65.8 Å². The standard InChI is InChI=1S/C26H20N4OS2.CHCl3/c1-2-3-14-30-25-18-7-5-13-28-23(18)22-17(6-4-12-27-22)24(25)29-26(30)21-11-10-20(33-21)19-9-8-16(15-31)32-19;2-1(3)4/h4-13,15H,2-3,14H2,1H3;1H. The Labute approximate surface area is 236 Å². The number of carbonyl (C=O) groups is 1. The van der Waals surface area contributed by atoms with Crippen LogP contribution < -0.4 is 0 Å². The summed E-state index contributed by atoms with van der Waals surface area (Å²) >= 11 is 17.7. The summed E-state index contributed by atoms with van der Waals surface area (Å²) in [6.45, 7) is 3.10. The van der Waals surface area contributed by atoms with E-state index in [-0.39, 0.29) is 0 Å². The predicted octanol–water partition coefficient (Wildman–Crippen LogP) is 9.19. The van der Waals surface area contributed by atoms with E-state index in [1.165, 1.54) is 11.3 Å². The molecule has 0 N–H and O–H groups in total. The lowest BCUT2D eigenvalue weighted by Gasteiger charge is -2.10. The van der Waals surface area contributed by atoms with Gasteiger partial charge in [-0.3, -0.25) is 14.8 Å². The van der Waals surface area contributed by atoms with Crippen molar-refractivity contribution < 1.29 is 4.79 Å². The highest BCUT2D eigenvalue weighted by Crippen LogP contribution is 2.40. The van der Waals surface area contributed by atoms with Gasteiger partial charge in [-0.15, -0.1) is 22.7 Å². The second kappa shape index (κ2) is 11.5. The van der Waals surface area contributed by atoms with Crippen LogP contribution in [0, 0.1) is 0 Å². The molecule has 37 heavy (non-hydrogen) atoms. The van der Waals surface area contributed by atoms with Crippen molar-refractivity contribution in [3.63, 3.8) is 0 Å². The van der Waals surface area contributed by atoms with Crippen LogP contribution in [0.1, 0.15) is 29.4 Å². The molecule has 6 aromatic rings. The summed E-state index contributed by atoms with van der Waals surface area (Å²) in [5, 5.41) is 2.11. The van der Waals surface area contributed by atoms with Gasteiger partial charge in [0.1, 0.15) is 0 Å². The number of carbonyl (C=O) groups excluding carboxylic acids is 1. The Hall–Kier alpha value is -2.55. The molecule has 1 aromatic carbocycles. The second-order valence-corrected chi connectivity index (χ2v) is 12.3. The monoisotopic (exact) mass is 586 g/mol. The van der Waals surface area contributed by atoms with E-state index >= 15 is 0 Å². The van der Waals surface area contributed by atoms with E-state index in [0.29, 0.717) is 0 Å². The van der Waals surface area contributed by atoms with Crippen LogP contribution in [-0.2, 0) is 6.54 Å². The van der Waals surface area contributed by atoms with Crippen molar-refractivity contribution in [2.24, 2.45) is 0 Å². The summed E-state index contributed by atoms with van der Waals surface area (Å²) in [6, 6.07) is 16.3. The van der Waals surface area contributed by atoms with E-state index in [9.17, 15) is 4.79 Å². The number of fused-ring (bicyclic) bond motifs is 6. The first kappa shape index (κ1) is 26.1. The topological polar surface area (TPSA) is 60.7 Å². The number of aromatic nitrogens is 4. The van der Waals surface area contributed by atoms with Crippen molar-refractivity contribution in [3.8, 4) is 20.5 Å². The van der Waals surface area contributed by atoms with Crippen LogP contribution in [0.2, 0.25) is 0 Å². The van der Waals surface area contributed by atoms with Crippen molar-refractivity contribution in [1.29, 1.82) is 0 Å². The number of thiophene rings is 2. The van der Waals surface area contributed by atoms with Crippen molar-refractivity contribution in [2.75, 3.05) is 0 Å². The van der Waals surface area contributed by atoms with Gasteiger partial charge in [0.2, 0.25) is 0 Å². The van der Waals surface area contributed by atoms with Gasteiger partial charge in [-0.25, -0.2) is 4.98 Å². The van der Waals surface area contributed by atoms with E-state index in [0.717, 1.165) is 83.8 Å². The lowest BCUT2D eigenvalue weighted by molar-refractivity contribution is 0.112. The molecule has 0 bridgehead atoms. The van der Waals surface area contributed by atoms with E-state index in [4.69, 9.17) is 39.8 Å². The van der Waals surface area contributed by atoms with Crippen LogP contribution in [0.25, 0.3) is 53.3 Å². The summed E-state index contributed by atoms with van der Waals surface area (Å²) in [6.07, 6.45) is 6.72. The highest BCUT2D eigenvalue weighted by Gasteiger charge is 2.21. The zero-order valence-electron chi connectivity index (χ0n) is 19.7. The SMILES string of the molecule is CCCCn1c(-c2ccc(-c3ccc(C=O)s3)s2)nc2c3cccnc3c3ncccc3c21.ClC(Cl)Cl. The van der Waals surface area contributed by atoms with Crippen molar-refractivity contribution in [2.45, 2.75) is 30.6 Å². The minimum absolute atomic E-state index is 0.744. The highest BCUT2D eigenvalue weighted by atomic mass is 35.6. The molecule has 5 nitrogen and oxygen atoms in total. The number of benzene rings is 1. The van der Waals surface area contributed by atoms with Crippen LogP contribution in [0.4, 0.5) is 0 Å². The quantitative estimate of drug-likeness (QED) is 0.111. The zero-order chi connectivity index (χ0) is 25.9. The van der Waals surface area contributed by atoms with E-state index in [1.807, 2.05) is 36.7 Å². The molecule has 0 spiro atoms. The second-order valence-electron chi connectivity index (χ2n) is 8.17. The van der Waals surface area contributed by atoms with E-state index in [1.54, 1.807) is 11.3 Å². The molecule has 0 amide bonds. The molecule has 0 unspecified atom stereocenters. The number of rotatable bonds is 6. The Morgan fingerprint density at radius 1 is 0.865 bits per heavy atom. The molecule has 0 atom stereocenters. The molecule has 6 rings (SSSR count). The minimum Gasteiger partial charge on any atom is -0.323 e. The summed E-state index contributed by atoms with van der Waals surface area (Å²) in [5.74, 6) is 0.975. The normalized spacial score (nSPS) is 11.4. The first-order valence-corrected chi connectivity index (χ1v) is 14.6. The maximum Gasteiger partial charge on any atom is 0.180 e. The fourth-order valence-corrected chi connectivity index (χ4v) is 6.26. The molecule has 0 saturated carbocycles.